The Bertz CT molecular complexity index is 985. The zero-order valence-electron chi connectivity index (χ0n) is 16.4. The van der Waals surface area contributed by atoms with Gasteiger partial charge in [0.1, 0.15) is 0 Å². The number of fused-ring (bicyclic) bond motifs is 1. The zero-order valence-corrected chi connectivity index (χ0v) is 18.8. The van der Waals surface area contributed by atoms with Gasteiger partial charge in [-0.3, -0.25) is 0 Å². The molecule has 3 nitrogen and oxygen atoms in total. The van der Waals surface area contributed by atoms with Crippen LogP contribution < -0.4 is 10.7 Å². The quantitative estimate of drug-likeness (QED) is 0.418. The van der Waals surface area contributed by atoms with Gasteiger partial charge >= 0.3 is 174 Å². The Morgan fingerprint density at radius 2 is 1.89 bits per heavy atom. The van der Waals surface area contributed by atoms with Crippen LogP contribution in [0.15, 0.2) is 57.7 Å². The SMILES string of the molecule is CC(C)C(NCCC[AsH2])c1oc2cc(F)ccc2c(=O)c1Cc1ccccc1. The van der Waals surface area contributed by atoms with Crippen molar-refractivity contribution in [2.24, 2.45) is 5.92 Å². The van der Waals surface area contributed by atoms with Gasteiger partial charge in [-0.2, -0.15) is 0 Å². The molecule has 0 fully saturated rings. The summed E-state index contributed by atoms with van der Waals surface area (Å²) in [4.78, 5) is 13.3. The molecule has 2 aromatic carbocycles. The van der Waals surface area contributed by atoms with Gasteiger partial charge in [-0.25, -0.2) is 0 Å². The van der Waals surface area contributed by atoms with Gasteiger partial charge in [0.05, 0.1) is 0 Å². The third-order valence-electron chi connectivity index (χ3n) is 4.90. The zero-order chi connectivity index (χ0) is 20.1. The third kappa shape index (κ3) is 4.74. The van der Waals surface area contributed by atoms with E-state index in [4.69, 9.17) is 4.42 Å². The van der Waals surface area contributed by atoms with E-state index < -0.39 is 5.82 Å². The van der Waals surface area contributed by atoms with Crippen molar-refractivity contribution in [1.29, 1.82) is 0 Å². The number of hydrogen-bond donors (Lipinski definition) is 1. The molecule has 0 saturated carbocycles. The van der Waals surface area contributed by atoms with Crippen LogP contribution in [0, 0.1) is 11.7 Å². The summed E-state index contributed by atoms with van der Waals surface area (Å²) in [5, 5.41) is 5.13. The minimum absolute atomic E-state index is 0.0774. The average Bonchev–Trinajstić information content (AvgIpc) is 2.68. The average molecular weight is 443 g/mol. The second-order valence-electron chi connectivity index (χ2n) is 7.39. The normalized spacial score (nSPS) is 12.6. The number of nitrogens with one attached hydrogen (secondary N) is 1. The van der Waals surface area contributed by atoms with Gasteiger partial charge in [0.25, 0.3) is 0 Å². The fourth-order valence-corrected chi connectivity index (χ4v) is 3.86. The molecular weight excluding hydrogens is 416 g/mol. The fourth-order valence-electron chi connectivity index (χ4n) is 3.43. The van der Waals surface area contributed by atoms with Crippen LogP contribution in [-0.2, 0) is 6.42 Å². The standard InChI is InChI=1S/C23H27AsFNO2/c1-15(2)21(26-12-6-11-24)23-19(13-16-7-4-3-5-8-16)22(27)18-10-9-17(25)14-20(18)28-23/h3-5,7-10,14-15,21,26H,6,11-13,24H2,1-2H3. The first-order valence-electron chi connectivity index (χ1n) is 9.73. The second kappa shape index (κ2) is 9.53. The van der Waals surface area contributed by atoms with Crippen molar-refractivity contribution in [2.45, 2.75) is 37.9 Å². The Labute approximate surface area is 173 Å². The van der Waals surface area contributed by atoms with Crippen molar-refractivity contribution in [3.63, 3.8) is 0 Å². The van der Waals surface area contributed by atoms with Crippen molar-refractivity contribution in [3.8, 4) is 0 Å². The first-order chi connectivity index (χ1) is 13.5. The molecular formula is C23H27AsFNO2. The van der Waals surface area contributed by atoms with Crippen LogP contribution in [0.1, 0.15) is 43.2 Å². The van der Waals surface area contributed by atoms with E-state index in [-0.39, 0.29) is 17.4 Å². The molecule has 0 saturated heterocycles. The van der Waals surface area contributed by atoms with Crippen molar-refractivity contribution in [2.75, 3.05) is 6.54 Å². The number of rotatable bonds is 8. The van der Waals surface area contributed by atoms with Crippen molar-refractivity contribution >= 4 is 27.8 Å². The van der Waals surface area contributed by atoms with E-state index in [0.29, 0.717) is 28.7 Å². The van der Waals surface area contributed by atoms with E-state index in [1.54, 1.807) is 16.9 Å². The molecule has 0 amide bonds. The Balaban J connectivity index is 2.16. The predicted octanol–water partition coefficient (Wildman–Crippen LogP) is 4.25. The molecule has 1 aromatic heterocycles. The molecule has 0 aliphatic heterocycles. The number of benzene rings is 2. The molecule has 2 atom stereocenters. The molecule has 28 heavy (non-hydrogen) atoms. The van der Waals surface area contributed by atoms with Crippen molar-refractivity contribution < 1.29 is 8.81 Å². The molecule has 3 rings (SSSR count). The topological polar surface area (TPSA) is 42.2 Å². The van der Waals surface area contributed by atoms with Gasteiger partial charge in [0.2, 0.25) is 0 Å². The van der Waals surface area contributed by atoms with E-state index in [1.807, 2.05) is 30.3 Å². The summed E-state index contributed by atoms with van der Waals surface area (Å²) in [6.45, 7) is 5.07. The van der Waals surface area contributed by atoms with E-state index in [1.165, 1.54) is 18.2 Å². The van der Waals surface area contributed by atoms with Gasteiger partial charge in [-0.05, 0) is 0 Å². The molecule has 0 aliphatic rings. The molecule has 5 heteroatoms. The summed E-state index contributed by atoms with van der Waals surface area (Å²) >= 11 is 1.71. The second-order valence-corrected chi connectivity index (χ2v) is 8.61. The summed E-state index contributed by atoms with van der Waals surface area (Å²) in [6, 6.07) is 13.9. The van der Waals surface area contributed by atoms with Crippen LogP contribution in [0.5, 0.6) is 0 Å². The van der Waals surface area contributed by atoms with Crippen LogP contribution in [0.25, 0.3) is 11.0 Å². The van der Waals surface area contributed by atoms with Gasteiger partial charge in [-0.1, -0.05) is 0 Å². The van der Waals surface area contributed by atoms with Crippen molar-refractivity contribution in [1.82, 2.24) is 5.32 Å². The van der Waals surface area contributed by atoms with E-state index in [0.717, 1.165) is 23.7 Å². The Morgan fingerprint density at radius 3 is 2.57 bits per heavy atom. The first kappa shape index (κ1) is 20.8. The molecule has 0 spiro atoms. The maximum absolute atomic E-state index is 13.8. The van der Waals surface area contributed by atoms with Crippen LogP contribution in [-0.4, -0.2) is 23.4 Å². The van der Waals surface area contributed by atoms with Crippen LogP contribution in [0.3, 0.4) is 0 Å². The molecule has 1 heterocycles. The number of hydrogen-bond acceptors (Lipinski definition) is 3. The summed E-state index contributed by atoms with van der Waals surface area (Å²) in [5.74, 6) is 0.453. The summed E-state index contributed by atoms with van der Waals surface area (Å²) in [6.07, 6.45) is 1.57. The van der Waals surface area contributed by atoms with Gasteiger partial charge < -0.3 is 0 Å². The third-order valence-corrected chi connectivity index (χ3v) is 5.75. The van der Waals surface area contributed by atoms with Gasteiger partial charge in [-0.15, -0.1) is 0 Å². The minimum atomic E-state index is -0.403. The molecule has 2 unspecified atom stereocenters. The summed E-state index contributed by atoms with van der Waals surface area (Å²) in [7, 11) is 0. The number of halogens is 1. The Kier molecular flexibility index (Phi) is 7.09. The van der Waals surface area contributed by atoms with E-state index in [2.05, 4.69) is 19.2 Å². The molecule has 0 bridgehead atoms. The van der Waals surface area contributed by atoms with E-state index >= 15 is 0 Å². The molecule has 1 N–H and O–H groups in total. The van der Waals surface area contributed by atoms with E-state index in [9.17, 15) is 9.18 Å². The van der Waals surface area contributed by atoms with Crippen LogP contribution in [0.2, 0.25) is 5.21 Å². The van der Waals surface area contributed by atoms with Gasteiger partial charge in [0, 0.05) is 0 Å². The summed E-state index contributed by atoms with van der Waals surface area (Å²) in [5.41, 5.74) is 1.93. The molecule has 148 valence electrons. The fraction of sp³-hybridized carbons (Fsp3) is 0.348. The molecule has 3 aromatic rings. The Hall–Kier alpha value is -1.90. The molecule has 0 radical (unpaired) electrons. The van der Waals surface area contributed by atoms with Crippen molar-refractivity contribution in [3.05, 3.63) is 81.5 Å². The van der Waals surface area contributed by atoms with Crippen LogP contribution in [0.4, 0.5) is 4.39 Å². The maximum atomic E-state index is 13.8. The van der Waals surface area contributed by atoms with Gasteiger partial charge in [0.15, 0.2) is 0 Å². The first-order valence-corrected chi connectivity index (χ1v) is 11.4. The predicted molar refractivity (Wildman–Crippen MR) is 115 cm³/mol. The Morgan fingerprint density at radius 1 is 1.14 bits per heavy atom. The monoisotopic (exact) mass is 443 g/mol. The molecule has 0 aliphatic carbocycles. The summed E-state index contributed by atoms with van der Waals surface area (Å²) < 4.78 is 20.0. The van der Waals surface area contributed by atoms with Crippen LogP contribution >= 0.6 is 0 Å².